The lowest BCUT2D eigenvalue weighted by atomic mass is 9.95. The number of nitrogens with one attached hydrogen (secondary N) is 1. The number of halogens is 1. The van der Waals surface area contributed by atoms with Gasteiger partial charge in [-0.1, -0.05) is 56.5 Å². The first-order chi connectivity index (χ1) is 13.4. The lowest BCUT2D eigenvalue weighted by molar-refractivity contribution is -0.119. The molecule has 0 radical (unpaired) electrons. The fraction of sp³-hybridized carbons (Fsp3) is 0.571. The second-order valence-corrected chi connectivity index (χ2v) is 9.29. The van der Waals surface area contributed by atoms with Gasteiger partial charge in [-0.3, -0.25) is 14.2 Å². The Morgan fingerprint density at radius 2 is 2.00 bits per heavy atom. The van der Waals surface area contributed by atoms with Crippen LogP contribution in [-0.2, 0) is 4.79 Å². The van der Waals surface area contributed by atoms with Crippen molar-refractivity contribution < 1.29 is 4.79 Å². The summed E-state index contributed by atoms with van der Waals surface area (Å²) in [4.78, 5) is 30.3. The van der Waals surface area contributed by atoms with Crippen LogP contribution in [0.25, 0.3) is 10.9 Å². The Bertz CT molecular complexity index is 906. The number of hydrogen-bond acceptors (Lipinski definition) is 4. The fourth-order valence-electron chi connectivity index (χ4n) is 3.51. The van der Waals surface area contributed by atoms with E-state index in [0.29, 0.717) is 27.0 Å². The van der Waals surface area contributed by atoms with Crippen molar-refractivity contribution in [3.63, 3.8) is 0 Å². The summed E-state index contributed by atoms with van der Waals surface area (Å²) in [7, 11) is 0. The molecule has 1 aromatic heterocycles. The van der Waals surface area contributed by atoms with Crippen molar-refractivity contribution >= 4 is 40.2 Å². The summed E-state index contributed by atoms with van der Waals surface area (Å²) in [5.74, 6) is 0.569. The van der Waals surface area contributed by atoms with Gasteiger partial charge in [-0.25, -0.2) is 4.98 Å². The van der Waals surface area contributed by atoms with E-state index in [-0.39, 0.29) is 29.3 Å². The zero-order chi connectivity index (χ0) is 20.3. The number of fused-ring (bicyclic) bond motifs is 1. The highest BCUT2D eigenvalue weighted by atomic mass is 35.5. The van der Waals surface area contributed by atoms with E-state index in [1.807, 2.05) is 11.5 Å². The first-order valence-corrected chi connectivity index (χ1v) is 11.4. The van der Waals surface area contributed by atoms with Gasteiger partial charge in [0.1, 0.15) is 0 Å². The number of carbonyl (C=O) groups is 1. The predicted molar refractivity (Wildman–Crippen MR) is 116 cm³/mol. The summed E-state index contributed by atoms with van der Waals surface area (Å²) < 4.78 is 1.82. The van der Waals surface area contributed by atoms with E-state index < -0.39 is 0 Å². The van der Waals surface area contributed by atoms with Crippen LogP contribution >= 0.6 is 23.4 Å². The lowest BCUT2D eigenvalue weighted by Gasteiger charge is -2.26. The summed E-state index contributed by atoms with van der Waals surface area (Å²) in [6.45, 7) is 6.16. The molecule has 1 atom stereocenters. The SMILES string of the molecule is CC(C)[C@@H](C)NC(=O)CSc1nc2cc(Cl)ccc2c(=O)n1C1CCCCC1. The second-order valence-electron chi connectivity index (χ2n) is 7.91. The molecule has 0 unspecified atom stereocenters. The van der Waals surface area contributed by atoms with E-state index >= 15 is 0 Å². The molecule has 1 heterocycles. The minimum atomic E-state index is -0.0400. The smallest absolute Gasteiger partial charge is 0.262 e. The summed E-state index contributed by atoms with van der Waals surface area (Å²) >= 11 is 7.44. The maximum absolute atomic E-state index is 13.2. The van der Waals surface area contributed by atoms with Crippen LogP contribution < -0.4 is 10.9 Å². The number of carbonyl (C=O) groups excluding carboxylic acids is 1. The van der Waals surface area contributed by atoms with Crippen LogP contribution in [0.1, 0.15) is 58.9 Å². The Morgan fingerprint density at radius 3 is 2.68 bits per heavy atom. The van der Waals surface area contributed by atoms with E-state index in [1.54, 1.807) is 18.2 Å². The van der Waals surface area contributed by atoms with Gasteiger partial charge >= 0.3 is 0 Å². The Kier molecular flexibility index (Phi) is 7.05. The molecular weight excluding hydrogens is 394 g/mol. The van der Waals surface area contributed by atoms with E-state index in [9.17, 15) is 9.59 Å². The normalized spacial score (nSPS) is 16.5. The second kappa shape index (κ2) is 9.31. The standard InChI is InChI=1S/C21H28ClN3O2S/c1-13(2)14(3)23-19(26)12-28-21-24-18-11-15(22)9-10-17(18)20(27)25(21)16-7-5-4-6-8-16/h9-11,13-14,16H,4-8,12H2,1-3H3,(H,23,26)/t14-/m1/s1. The molecule has 1 aromatic carbocycles. The number of amides is 1. The number of nitrogens with zero attached hydrogens (tertiary/aromatic N) is 2. The van der Waals surface area contributed by atoms with Gasteiger partial charge in [0, 0.05) is 17.1 Å². The van der Waals surface area contributed by atoms with Crippen molar-refractivity contribution in [1.29, 1.82) is 0 Å². The number of benzene rings is 1. The summed E-state index contributed by atoms with van der Waals surface area (Å²) in [5, 5.41) is 4.75. The Labute approximate surface area is 175 Å². The van der Waals surface area contributed by atoms with E-state index in [1.165, 1.54) is 18.2 Å². The van der Waals surface area contributed by atoms with Gasteiger partial charge in [-0.05, 0) is 43.9 Å². The minimum Gasteiger partial charge on any atom is -0.353 e. The molecule has 0 bridgehead atoms. The highest BCUT2D eigenvalue weighted by molar-refractivity contribution is 7.99. The van der Waals surface area contributed by atoms with Crippen molar-refractivity contribution in [2.24, 2.45) is 5.92 Å². The van der Waals surface area contributed by atoms with Gasteiger partial charge in [-0.2, -0.15) is 0 Å². The maximum atomic E-state index is 13.2. The molecule has 0 saturated heterocycles. The van der Waals surface area contributed by atoms with Crippen molar-refractivity contribution in [2.45, 2.75) is 70.1 Å². The van der Waals surface area contributed by atoms with Crippen molar-refractivity contribution in [1.82, 2.24) is 14.9 Å². The molecule has 152 valence electrons. The molecule has 0 aliphatic heterocycles. The number of rotatable bonds is 6. The maximum Gasteiger partial charge on any atom is 0.262 e. The van der Waals surface area contributed by atoms with Crippen LogP contribution in [0.15, 0.2) is 28.2 Å². The van der Waals surface area contributed by atoms with Gasteiger partial charge in [0.05, 0.1) is 16.7 Å². The zero-order valence-corrected chi connectivity index (χ0v) is 18.3. The highest BCUT2D eigenvalue weighted by Crippen LogP contribution is 2.31. The van der Waals surface area contributed by atoms with Crippen LogP contribution in [0.2, 0.25) is 5.02 Å². The monoisotopic (exact) mass is 421 g/mol. The average molecular weight is 422 g/mol. The Hall–Kier alpha value is -1.53. The largest absolute Gasteiger partial charge is 0.353 e. The molecule has 1 N–H and O–H groups in total. The molecule has 5 nitrogen and oxygen atoms in total. The molecule has 3 rings (SSSR count). The molecule has 1 saturated carbocycles. The first kappa shape index (κ1) is 21.2. The van der Waals surface area contributed by atoms with Gasteiger partial charge in [0.15, 0.2) is 5.16 Å². The minimum absolute atomic E-state index is 0.0352. The van der Waals surface area contributed by atoms with E-state index in [0.717, 1.165) is 25.7 Å². The third-order valence-electron chi connectivity index (χ3n) is 5.49. The topological polar surface area (TPSA) is 64.0 Å². The van der Waals surface area contributed by atoms with Crippen LogP contribution in [0.5, 0.6) is 0 Å². The van der Waals surface area contributed by atoms with Gasteiger partial charge < -0.3 is 5.32 Å². The van der Waals surface area contributed by atoms with E-state index in [2.05, 4.69) is 19.2 Å². The van der Waals surface area contributed by atoms with Crippen molar-refractivity contribution in [3.8, 4) is 0 Å². The average Bonchev–Trinajstić information content (AvgIpc) is 2.66. The highest BCUT2D eigenvalue weighted by Gasteiger charge is 2.22. The predicted octanol–water partition coefficient (Wildman–Crippen LogP) is 4.81. The molecule has 7 heteroatoms. The zero-order valence-electron chi connectivity index (χ0n) is 16.7. The van der Waals surface area contributed by atoms with Gasteiger partial charge in [0.2, 0.25) is 5.91 Å². The number of thioether (sulfide) groups is 1. The molecule has 2 aromatic rings. The van der Waals surface area contributed by atoms with Gasteiger partial charge in [-0.15, -0.1) is 0 Å². The molecule has 1 aliphatic rings. The molecule has 28 heavy (non-hydrogen) atoms. The first-order valence-electron chi connectivity index (χ1n) is 10.0. The molecule has 1 fully saturated rings. The van der Waals surface area contributed by atoms with Crippen molar-refractivity contribution in [2.75, 3.05) is 5.75 Å². The number of hydrogen-bond donors (Lipinski definition) is 1. The van der Waals surface area contributed by atoms with Crippen LogP contribution in [0, 0.1) is 5.92 Å². The Balaban J connectivity index is 1.92. The third-order valence-corrected chi connectivity index (χ3v) is 6.68. The number of aromatic nitrogens is 2. The lowest BCUT2D eigenvalue weighted by Crippen LogP contribution is -2.37. The van der Waals surface area contributed by atoms with Crippen LogP contribution in [0.4, 0.5) is 0 Å². The summed E-state index contributed by atoms with van der Waals surface area (Å²) in [5.41, 5.74) is 0.551. The molecular formula is C21H28ClN3O2S. The van der Waals surface area contributed by atoms with Gasteiger partial charge in [0.25, 0.3) is 5.56 Å². The van der Waals surface area contributed by atoms with Crippen molar-refractivity contribution in [3.05, 3.63) is 33.6 Å². The summed E-state index contributed by atoms with van der Waals surface area (Å²) in [6.07, 6.45) is 5.40. The molecule has 0 spiro atoms. The summed E-state index contributed by atoms with van der Waals surface area (Å²) in [6, 6.07) is 5.45. The van der Waals surface area contributed by atoms with Crippen LogP contribution in [-0.4, -0.2) is 27.3 Å². The van der Waals surface area contributed by atoms with Crippen LogP contribution in [0.3, 0.4) is 0 Å². The van der Waals surface area contributed by atoms with E-state index in [4.69, 9.17) is 16.6 Å². The third kappa shape index (κ3) is 4.90. The Morgan fingerprint density at radius 1 is 1.29 bits per heavy atom. The molecule has 1 amide bonds. The quantitative estimate of drug-likeness (QED) is 0.537. The fourth-order valence-corrected chi connectivity index (χ4v) is 4.55. The molecule has 1 aliphatic carbocycles.